The summed E-state index contributed by atoms with van der Waals surface area (Å²) in [4.78, 5) is 0. The molecule has 0 spiro atoms. The third-order valence-corrected chi connectivity index (χ3v) is 0.348. The molecule has 0 saturated carbocycles. The molecular weight excluding hydrogens is 60.1 g/mol. The molecule has 27 valence electrons. The molecule has 0 amide bonds. The van der Waals surface area contributed by atoms with E-state index in [1.54, 1.807) is 6.08 Å². The molecule has 0 saturated heterocycles. The van der Waals surface area contributed by atoms with Gasteiger partial charge in [0.15, 0.2) is 0 Å². The second-order valence-corrected chi connectivity index (χ2v) is 0.827. The summed E-state index contributed by atoms with van der Waals surface area (Å²) in [6, 6.07) is 0. The Morgan fingerprint density at radius 1 is 1.80 bits per heavy atom. The molecule has 0 aliphatic carbocycles. The van der Waals surface area contributed by atoms with Gasteiger partial charge < -0.3 is 0 Å². The predicted molar refractivity (Wildman–Crippen MR) is 22.7 cm³/mol. The predicted octanol–water partition coefficient (Wildman–Crippen LogP) is 1.54. The zero-order chi connectivity index (χ0) is 4.12. The van der Waals surface area contributed by atoms with Crippen LogP contribution in [0, 0.1) is 6.92 Å². The number of rotatable bonds is 2. The maximum absolute atomic E-state index is 6.53. The average Bonchev–Trinajstić information content (AvgIpc) is 1.41. The molecule has 3 radical (unpaired) electrons. The topological polar surface area (TPSA) is 0 Å². The molecular formula is C5H7. The molecule has 0 unspecified atom stereocenters. The van der Waals surface area contributed by atoms with Crippen LogP contribution in [0.5, 0.6) is 0 Å². The normalized spacial score (nSPS) is 7.40. The largest absolute Gasteiger partial charge is 0.103 e. The lowest BCUT2D eigenvalue weighted by atomic mass is 10.3. The van der Waals surface area contributed by atoms with Crippen LogP contribution in [0.1, 0.15) is 12.8 Å². The van der Waals surface area contributed by atoms with E-state index in [2.05, 4.69) is 6.58 Å². The molecule has 0 bridgehead atoms. The second kappa shape index (κ2) is 3.74. The maximum Gasteiger partial charge on any atom is -0.00903 e. The first-order valence-electron chi connectivity index (χ1n) is 1.67. The van der Waals surface area contributed by atoms with E-state index in [4.69, 9.17) is 6.92 Å². The van der Waals surface area contributed by atoms with Crippen molar-refractivity contribution in [3.8, 4) is 0 Å². The van der Waals surface area contributed by atoms with E-state index in [1.165, 1.54) is 0 Å². The van der Waals surface area contributed by atoms with Gasteiger partial charge in [0.05, 0.1) is 0 Å². The molecule has 0 aromatic heterocycles. The summed E-state index contributed by atoms with van der Waals surface area (Å²) < 4.78 is 0. The van der Waals surface area contributed by atoms with Crippen LogP contribution in [0.3, 0.4) is 0 Å². The van der Waals surface area contributed by atoms with Crippen molar-refractivity contribution in [3.05, 3.63) is 19.6 Å². The third-order valence-electron chi connectivity index (χ3n) is 0.348. The van der Waals surface area contributed by atoms with E-state index < -0.39 is 0 Å². The van der Waals surface area contributed by atoms with Gasteiger partial charge in [-0.2, -0.15) is 0 Å². The van der Waals surface area contributed by atoms with Gasteiger partial charge in [-0.3, -0.25) is 0 Å². The molecule has 0 aromatic carbocycles. The van der Waals surface area contributed by atoms with Crippen LogP contribution in [-0.2, 0) is 0 Å². The lowest BCUT2D eigenvalue weighted by Gasteiger charge is -1.71. The number of hydrogen-bond donors (Lipinski definition) is 0. The summed E-state index contributed by atoms with van der Waals surface area (Å²) in [6.07, 6.45) is 3.04. The van der Waals surface area contributed by atoms with Gasteiger partial charge in [0, 0.05) is 0 Å². The van der Waals surface area contributed by atoms with Gasteiger partial charge in [0.25, 0.3) is 0 Å². The van der Waals surface area contributed by atoms with Crippen LogP contribution in [0.4, 0.5) is 0 Å². The quantitative estimate of drug-likeness (QED) is 0.430. The summed E-state index contributed by atoms with van der Waals surface area (Å²) >= 11 is 0. The lowest BCUT2D eigenvalue weighted by molar-refractivity contribution is 1.05. The van der Waals surface area contributed by atoms with Gasteiger partial charge in [0.1, 0.15) is 0 Å². The Kier molecular flexibility index (Phi) is 3.55. The summed E-state index contributed by atoms with van der Waals surface area (Å²) in [7, 11) is 0. The molecule has 0 aromatic rings. The summed E-state index contributed by atoms with van der Waals surface area (Å²) in [5.74, 6) is 0. The number of unbranched alkanes of at least 4 members (excludes halogenated alkanes) is 1. The highest BCUT2D eigenvalue weighted by atomic mass is 13.7. The molecule has 0 fully saturated rings. The van der Waals surface area contributed by atoms with Gasteiger partial charge in [-0.1, -0.05) is 6.08 Å². The van der Waals surface area contributed by atoms with Crippen molar-refractivity contribution in [2.24, 2.45) is 0 Å². The second-order valence-electron chi connectivity index (χ2n) is 0.827. The summed E-state index contributed by atoms with van der Waals surface area (Å²) in [6.45, 7) is 9.96. The zero-order valence-electron chi connectivity index (χ0n) is 3.20. The Balaban J connectivity index is 2.40. The molecule has 0 aliphatic heterocycles. The Labute approximate surface area is 33.5 Å². The molecule has 0 heteroatoms. The average molecular weight is 67.1 g/mol. The van der Waals surface area contributed by atoms with Gasteiger partial charge in [0.2, 0.25) is 0 Å². The van der Waals surface area contributed by atoms with E-state index in [0.29, 0.717) is 6.42 Å². The number of hydrogen-bond acceptors (Lipinski definition) is 0. The van der Waals surface area contributed by atoms with Crippen molar-refractivity contribution in [2.75, 3.05) is 0 Å². The minimum Gasteiger partial charge on any atom is -0.103 e. The van der Waals surface area contributed by atoms with Crippen LogP contribution >= 0.6 is 0 Å². The van der Waals surface area contributed by atoms with Crippen molar-refractivity contribution >= 4 is 0 Å². The Morgan fingerprint density at radius 2 is 2.40 bits per heavy atom. The monoisotopic (exact) mass is 67.1 g/mol. The van der Waals surface area contributed by atoms with Crippen LogP contribution in [0.2, 0.25) is 0 Å². The van der Waals surface area contributed by atoms with Gasteiger partial charge >= 0.3 is 0 Å². The molecule has 5 heavy (non-hydrogen) atoms. The molecule has 0 atom stereocenters. The van der Waals surface area contributed by atoms with Crippen molar-refractivity contribution in [1.29, 1.82) is 0 Å². The van der Waals surface area contributed by atoms with E-state index in [-0.39, 0.29) is 0 Å². The van der Waals surface area contributed by atoms with Crippen molar-refractivity contribution < 1.29 is 0 Å². The smallest absolute Gasteiger partial charge is 0.00903 e. The fourth-order valence-electron chi connectivity index (χ4n) is 0.102. The SMILES string of the molecule is [C]CCC=C. The highest BCUT2D eigenvalue weighted by Crippen LogP contribution is 1.81. The third kappa shape index (κ3) is 3.74. The maximum atomic E-state index is 6.53. The summed E-state index contributed by atoms with van der Waals surface area (Å²) in [5, 5.41) is 0. The Bertz CT molecular complexity index is 21.2. The molecule has 0 N–H and O–H groups in total. The first-order valence-corrected chi connectivity index (χ1v) is 1.67. The summed E-state index contributed by atoms with van der Waals surface area (Å²) in [5.41, 5.74) is 0. The van der Waals surface area contributed by atoms with Gasteiger partial charge in [-0.05, 0) is 19.8 Å². The van der Waals surface area contributed by atoms with Crippen LogP contribution in [0.25, 0.3) is 0 Å². The molecule has 0 aliphatic rings. The van der Waals surface area contributed by atoms with E-state index in [0.717, 1.165) is 6.42 Å². The molecule has 0 heterocycles. The molecule has 0 nitrogen and oxygen atoms in total. The highest BCUT2D eigenvalue weighted by Gasteiger charge is 1.62. The molecule has 0 rings (SSSR count). The van der Waals surface area contributed by atoms with Crippen LogP contribution in [-0.4, -0.2) is 0 Å². The number of allylic oxidation sites excluding steroid dienone is 1. The lowest BCUT2D eigenvalue weighted by Crippen LogP contribution is -1.53. The zero-order valence-corrected chi connectivity index (χ0v) is 3.20. The van der Waals surface area contributed by atoms with E-state index in [9.17, 15) is 0 Å². The highest BCUT2D eigenvalue weighted by molar-refractivity contribution is 4.65. The van der Waals surface area contributed by atoms with E-state index in [1.807, 2.05) is 0 Å². The van der Waals surface area contributed by atoms with Crippen LogP contribution < -0.4 is 0 Å². The van der Waals surface area contributed by atoms with Crippen molar-refractivity contribution in [3.63, 3.8) is 0 Å². The standard InChI is InChI=1S/C5H7/c1-3-5-4-2/h3H,1,4-5H2. The fraction of sp³-hybridized carbons (Fsp3) is 0.400. The van der Waals surface area contributed by atoms with Crippen LogP contribution in [0.15, 0.2) is 12.7 Å². The van der Waals surface area contributed by atoms with Gasteiger partial charge in [-0.15, -0.1) is 6.58 Å². The fourth-order valence-corrected chi connectivity index (χ4v) is 0.102. The minimum atomic E-state index is 0.476. The Morgan fingerprint density at radius 3 is 2.40 bits per heavy atom. The first-order chi connectivity index (χ1) is 2.41. The van der Waals surface area contributed by atoms with Crippen molar-refractivity contribution in [2.45, 2.75) is 12.8 Å². The Hall–Kier alpha value is -0.260. The van der Waals surface area contributed by atoms with Crippen molar-refractivity contribution in [1.82, 2.24) is 0 Å². The van der Waals surface area contributed by atoms with E-state index >= 15 is 0 Å². The van der Waals surface area contributed by atoms with Gasteiger partial charge in [-0.25, -0.2) is 0 Å². The minimum absolute atomic E-state index is 0.476. The first kappa shape index (κ1) is 4.74.